The Labute approximate surface area is 137 Å². The number of benzene rings is 2. The number of fused-ring (bicyclic) bond motifs is 1. The van der Waals surface area contributed by atoms with Gasteiger partial charge in [0.15, 0.2) is 0 Å². The van der Waals surface area contributed by atoms with Crippen LogP contribution in [0.15, 0.2) is 60.7 Å². The number of hydrogen-bond donors (Lipinski definition) is 0. The molecule has 2 aliphatic heterocycles. The van der Waals surface area contributed by atoms with Gasteiger partial charge in [0.2, 0.25) is 5.78 Å². The first-order valence-corrected chi connectivity index (χ1v) is 7.67. The van der Waals surface area contributed by atoms with Crippen LogP contribution in [0.4, 0.5) is 0 Å². The minimum atomic E-state index is -1.53. The molecule has 0 aromatic heterocycles. The Morgan fingerprint density at radius 2 is 1.58 bits per heavy atom. The van der Waals surface area contributed by atoms with Gasteiger partial charge in [-0.2, -0.15) is 0 Å². The van der Waals surface area contributed by atoms with Crippen LogP contribution in [0, 0.1) is 0 Å². The number of carbonyl (C=O) groups is 2. The lowest BCUT2D eigenvalue weighted by Gasteiger charge is -2.47. The van der Waals surface area contributed by atoms with E-state index in [1.54, 1.807) is 6.08 Å². The zero-order valence-electron chi connectivity index (χ0n) is 12.5. The largest absolute Gasteiger partial charge is 0.444 e. The molecule has 2 heterocycles. The molecule has 24 heavy (non-hydrogen) atoms. The third-order valence-corrected chi connectivity index (χ3v) is 4.70. The minimum Gasteiger partial charge on any atom is -0.444 e. The van der Waals surface area contributed by atoms with Crippen molar-refractivity contribution in [3.8, 4) is 11.5 Å². The molecule has 3 aliphatic rings. The van der Waals surface area contributed by atoms with Crippen LogP contribution in [-0.2, 0) is 14.3 Å². The summed E-state index contributed by atoms with van der Waals surface area (Å²) in [6.07, 6.45) is 6.01. The van der Waals surface area contributed by atoms with Gasteiger partial charge in [-0.25, -0.2) is 4.79 Å². The van der Waals surface area contributed by atoms with E-state index in [0.717, 1.165) is 10.8 Å². The standard InChI is InChI=1S/C19H12O5/c20-15-8-3-10-18(15)19(11-9-16(21)24-18)22-13-6-1-4-12-5-2-7-14(23-19)17(12)13/h1-9,11H,10H2/t18-/m1/s1. The molecule has 0 fully saturated rings. The van der Waals surface area contributed by atoms with Gasteiger partial charge in [0.1, 0.15) is 11.5 Å². The van der Waals surface area contributed by atoms with Crippen LogP contribution in [0.2, 0.25) is 0 Å². The van der Waals surface area contributed by atoms with E-state index in [0.29, 0.717) is 11.5 Å². The van der Waals surface area contributed by atoms with Crippen molar-refractivity contribution in [2.75, 3.05) is 0 Å². The molecule has 5 rings (SSSR count). The summed E-state index contributed by atoms with van der Waals surface area (Å²) < 4.78 is 17.7. The second-order valence-electron chi connectivity index (χ2n) is 6.03. The van der Waals surface area contributed by atoms with Crippen molar-refractivity contribution in [3.05, 3.63) is 60.7 Å². The van der Waals surface area contributed by atoms with Gasteiger partial charge in [-0.15, -0.1) is 0 Å². The predicted molar refractivity (Wildman–Crippen MR) is 84.7 cm³/mol. The van der Waals surface area contributed by atoms with Crippen LogP contribution in [-0.4, -0.2) is 23.1 Å². The molecule has 0 radical (unpaired) electrons. The second-order valence-corrected chi connectivity index (χ2v) is 6.03. The third kappa shape index (κ3) is 1.49. The number of carbonyl (C=O) groups excluding carboxylic acids is 2. The molecule has 0 saturated heterocycles. The van der Waals surface area contributed by atoms with E-state index < -0.39 is 17.4 Å². The zero-order valence-corrected chi connectivity index (χ0v) is 12.5. The summed E-state index contributed by atoms with van der Waals surface area (Å²) in [5.41, 5.74) is -1.53. The average Bonchev–Trinajstić information content (AvgIpc) is 2.94. The smallest absolute Gasteiger partial charge is 0.332 e. The van der Waals surface area contributed by atoms with Crippen molar-refractivity contribution in [2.24, 2.45) is 0 Å². The summed E-state index contributed by atoms with van der Waals surface area (Å²) in [4.78, 5) is 24.4. The highest BCUT2D eigenvalue weighted by Gasteiger charge is 2.66. The lowest BCUT2D eigenvalue weighted by Crippen LogP contribution is -2.67. The van der Waals surface area contributed by atoms with Gasteiger partial charge in [-0.1, -0.05) is 30.3 Å². The van der Waals surface area contributed by atoms with Gasteiger partial charge < -0.3 is 14.2 Å². The molecule has 0 bridgehead atoms. The van der Waals surface area contributed by atoms with E-state index >= 15 is 0 Å². The van der Waals surface area contributed by atoms with E-state index in [-0.39, 0.29) is 12.2 Å². The van der Waals surface area contributed by atoms with Crippen molar-refractivity contribution < 1.29 is 23.8 Å². The third-order valence-electron chi connectivity index (χ3n) is 4.70. The fourth-order valence-corrected chi connectivity index (χ4v) is 3.59. The van der Waals surface area contributed by atoms with Gasteiger partial charge in [-0.3, -0.25) is 4.79 Å². The van der Waals surface area contributed by atoms with E-state index in [1.165, 1.54) is 18.2 Å². The van der Waals surface area contributed by atoms with Crippen molar-refractivity contribution in [3.63, 3.8) is 0 Å². The van der Waals surface area contributed by atoms with E-state index in [9.17, 15) is 9.59 Å². The molecule has 5 nitrogen and oxygen atoms in total. The normalized spacial score (nSPS) is 25.8. The number of rotatable bonds is 0. The Bertz CT molecular complexity index is 930. The molecular formula is C19H12O5. The first kappa shape index (κ1) is 13.4. The summed E-state index contributed by atoms with van der Waals surface area (Å²) in [6, 6.07) is 11.3. The average molecular weight is 320 g/mol. The maximum Gasteiger partial charge on any atom is 0.332 e. The lowest BCUT2D eigenvalue weighted by molar-refractivity contribution is -0.226. The first-order valence-electron chi connectivity index (χ1n) is 7.67. The molecule has 1 atom stereocenters. The van der Waals surface area contributed by atoms with Crippen molar-refractivity contribution >= 4 is 22.5 Å². The summed E-state index contributed by atoms with van der Waals surface area (Å²) >= 11 is 0. The maximum atomic E-state index is 12.6. The highest BCUT2D eigenvalue weighted by molar-refractivity contribution is 6.04. The SMILES string of the molecule is O=C1C=CC2(Oc3cccc4cccc(c34)O2)[C@]2(CC=CC2=O)O1. The Balaban J connectivity index is 1.76. The topological polar surface area (TPSA) is 61.8 Å². The quantitative estimate of drug-likeness (QED) is 0.698. The van der Waals surface area contributed by atoms with Gasteiger partial charge >= 0.3 is 11.8 Å². The zero-order chi connectivity index (χ0) is 16.4. The van der Waals surface area contributed by atoms with Crippen molar-refractivity contribution in [1.29, 1.82) is 0 Å². The van der Waals surface area contributed by atoms with Gasteiger partial charge in [0.05, 0.1) is 5.39 Å². The van der Waals surface area contributed by atoms with Crippen LogP contribution in [0.1, 0.15) is 6.42 Å². The molecule has 0 amide bonds. The Kier molecular flexibility index (Phi) is 2.37. The van der Waals surface area contributed by atoms with Gasteiger partial charge in [0.25, 0.3) is 5.60 Å². The molecule has 1 aliphatic carbocycles. The Hall–Kier alpha value is -3.08. The summed E-state index contributed by atoms with van der Waals surface area (Å²) in [6.45, 7) is 0. The lowest BCUT2D eigenvalue weighted by atomic mass is 9.85. The predicted octanol–water partition coefficient (Wildman–Crippen LogP) is 2.69. The van der Waals surface area contributed by atoms with Crippen LogP contribution in [0.25, 0.3) is 10.8 Å². The van der Waals surface area contributed by atoms with Gasteiger partial charge in [0, 0.05) is 18.6 Å². The number of ketones is 1. The van der Waals surface area contributed by atoms with Crippen LogP contribution < -0.4 is 9.47 Å². The molecule has 0 N–H and O–H groups in total. The first-order chi connectivity index (χ1) is 11.6. The van der Waals surface area contributed by atoms with E-state index in [4.69, 9.17) is 14.2 Å². The number of hydrogen-bond acceptors (Lipinski definition) is 5. The van der Waals surface area contributed by atoms with E-state index in [1.807, 2.05) is 36.4 Å². The fourth-order valence-electron chi connectivity index (χ4n) is 3.59. The highest BCUT2D eigenvalue weighted by atomic mass is 16.7. The molecule has 0 unspecified atom stereocenters. The van der Waals surface area contributed by atoms with Crippen LogP contribution >= 0.6 is 0 Å². The fraction of sp³-hybridized carbons (Fsp3) is 0.158. The molecule has 118 valence electrons. The number of esters is 1. The molecule has 2 aromatic rings. The van der Waals surface area contributed by atoms with E-state index in [2.05, 4.69) is 0 Å². The molecule has 5 heteroatoms. The number of ether oxygens (including phenoxy) is 3. The summed E-state index contributed by atoms with van der Waals surface area (Å²) in [5, 5.41) is 1.81. The monoisotopic (exact) mass is 320 g/mol. The molecular weight excluding hydrogens is 308 g/mol. The van der Waals surface area contributed by atoms with Crippen LogP contribution in [0.3, 0.4) is 0 Å². The van der Waals surface area contributed by atoms with Crippen molar-refractivity contribution in [2.45, 2.75) is 17.8 Å². The Morgan fingerprint density at radius 1 is 0.875 bits per heavy atom. The van der Waals surface area contributed by atoms with Crippen LogP contribution in [0.5, 0.6) is 11.5 Å². The highest BCUT2D eigenvalue weighted by Crippen LogP contribution is 2.49. The minimum absolute atomic E-state index is 0.208. The maximum absolute atomic E-state index is 12.6. The second kappa shape index (κ2) is 4.26. The molecule has 2 spiro atoms. The summed E-state index contributed by atoms with van der Waals surface area (Å²) in [5.74, 6) is -1.25. The Morgan fingerprint density at radius 3 is 2.21 bits per heavy atom. The molecule has 0 saturated carbocycles. The summed E-state index contributed by atoms with van der Waals surface area (Å²) in [7, 11) is 0. The van der Waals surface area contributed by atoms with Crippen molar-refractivity contribution in [1.82, 2.24) is 0 Å². The van der Waals surface area contributed by atoms with Gasteiger partial charge in [-0.05, 0) is 23.6 Å². The molecule has 2 aromatic carbocycles.